The van der Waals surface area contributed by atoms with Crippen LogP contribution in [0.3, 0.4) is 0 Å². The van der Waals surface area contributed by atoms with Gasteiger partial charge < -0.3 is 0 Å². The molecule has 0 saturated heterocycles. The van der Waals surface area contributed by atoms with E-state index >= 15 is 0 Å². The van der Waals surface area contributed by atoms with Crippen LogP contribution in [-0.4, -0.2) is 12.0 Å². The summed E-state index contributed by atoms with van der Waals surface area (Å²) in [5, 5.41) is 9.16. The van der Waals surface area contributed by atoms with Crippen LogP contribution in [0, 0.1) is 11.3 Å². The van der Waals surface area contributed by atoms with E-state index in [1.807, 2.05) is 11.8 Å². The average molecular weight is 261 g/mol. The van der Waals surface area contributed by atoms with E-state index in [-0.39, 0.29) is 0 Å². The number of benzene rings is 1. The Labute approximate surface area is 116 Å². The predicted octanol–water partition coefficient (Wildman–Crippen LogP) is 4.71. The lowest BCUT2D eigenvalue weighted by molar-refractivity contribution is 0.801. The predicted molar refractivity (Wildman–Crippen MR) is 81.4 cm³/mol. The first kappa shape index (κ1) is 15.1. The van der Waals surface area contributed by atoms with Gasteiger partial charge in [-0.05, 0) is 59.1 Å². The summed E-state index contributed by atoms with van der Waals surface area (Å²) in [7, 11) is 0. The van der Waals surface area contributed by atoms with E-state index in [9.17, 15) is 0 Å². The molecule has 0 fully saturated rings. The average Bonchev–Trinajstić information content (AvgIpc) is 2.34. The number of thioether (sulfide) groups is 1. The molecule has 2 heteroatoms. The normalized spacial score (nSPS) is 11.0. The Bertz CT molecular complexity index is 412. The van der Waals surface area contributed by atoms with Crippen molar-refractivity contribution in [3.05, 3.63) is 34.4 Å². The second-order valence-corrected chi connectivity index (χ2v) is 6.28. The van der Waals surface area contributed by atoms with Crippen LogP contribution in [0.2, 0.25) is 0 Å². The van der Waals surface area contributed by atoms with Gasteiger partial charge >= 0.3 is 0 Å². The van der Waals surface area contributed by atoms with Gasteiger partial charge in [-0.25, -0.2) is 0 Å². The zero-order valence-electron chi connectivity index (χ0n) is 12.1. The van der Waals surface area contributed by atoms with Gasteiger partial charge in [0.1, 0.15) is 0 Å². The van der Waals surface area contributed by atoms with Crippen molar-refractivity contribution in [2.24, 2.45) is 0 Å². The summed E-state index contributed by atoms with van der Waals surface area (Å²) in [6, 6.07) is 6.45. The molecule has 0 heterocycles. The lowest BCUT2D eigenvalue weighted by Crippen LogP contribution is -2.06. The third-order valence-corrected chi connectivity index (χ3v) is 3.86. The van der Waals surface area contributed by atoms with Crippen molar-refractivity contribution in [2.45, 2.75) is 46.0 Å². The van der Waals surface area contributed by atoms with E-state index in [4.69, 9.17) is 5.26 Å². The quantitative estimate of drug-likeness (QED) is 0.766. The van der Waals surface area contributed by atoms with Crippen molar-refractivity contribution in [1.82, 2.24) is 0 Å². The van der Waals surface area contributed by atoms with Crippen molar-refractivity contribution >= 4 is 11.8 Å². The smallest absolute Gasteiger partial charge is 0.0991 e. The molecule has 1 rings (SSSR count). The first-order chi connectivity index (χ1) is 8.51. The molecule has 0 spiro atoms. The Hall–Kier alpha value is -0.940. The van der Waals surface area contributed by atoms with Crippen molar-refractivity contribution in [2.75, 3.05) is 12.0 Å². The minimum absolute atomic E-state index is 0.479. The number of nitriles is 1. The lowest BCUT2D eigenvalue weighted by atomic mass is 9.86. The molecular weight excluding hydrogens is 238 g/mol. The van der Waals surface area contributed by atoms with Crippen LogP contribution in [0.1, 0.15) is 61.8 Å². The van der Waals surface area contributed by atoms with E-state index in [1.54, 1.807) is 0 Å². The fourth-order valence-electron chi connectivity index (χ4n) is 2.31. The molecule has 0 radical (unpaired) electrons. The molecule has 98 valence electrons. The molecule has 0 aliphatic heterocycles. The van der Waals surface area contributed by atoms with Crippen molar-refractivity contribution in [3.8, 4) is 6.07 Å². The van der Waals surface area contributed by atoms with Crippen LogP contribution in [0.4, 0.5) is 0 Å². The molecule has 0 N–H and O–H groups in total. The van der Waals surface area contributed by atoms with Gasteiger partial charge in [0, 0.05) is 0 Å². The summed E-state index contributed by atoms with van der Waals surface area (Å²) >= 11 is 1.88. The number of nitrogens with zero attached hydrogens (tertiary/aromatic N) is 1. The van der Waals surface area contributed by atoms with Gasteiger partial charge in [0.05, 0.1) is 11.6 Å². The van der Waals surface area contributed by atoms with Crippen molar-refractivity contribution < 1.29 is 0 Å². The highest BCUT2D eigenvalue weighted by atomic mass is 32.2. The molecule has 0 unspecified atom stereocenters. The highest BCUT2D eigenvalue weighted by Crippen LogP contribution is 2.30. The van der Waals surface area contributed by atoms with Gasteiger partial charge in [-0.1, -0.05) is 27.7 Å². The summed E-state index contributed by atoms with van der Waals surface area (Å²) in [5.74, 6) is 2.10. The van der Waals surface area contributed by atoms with Gasteiger partial charge in [-0.15, -0.1) is 0 Å². The summed E-state index contributed by atoms with van der Waals surface area (Å²) in [5.41, 5.74) is 4.97. The largest absolute Gasteiger partial charge is 0.192 e. The fourth-order valence-corrected chi connectivity index (χ4v) is 2.71. The van der Waals surface area contributed by atoms with E-state index in [0.717, 1.165) is 17.7 Å². The fraction of sp³-hybridized carbons (Fsp3) is 0.562. The van der Waals surface area contributed by atoms with Crippen LogP contribution in [0.25, 0.3) is 0 Å². The van der Waals surface area contributed by atoms with Gasteiger partial charge in [-0.3, -0.25) is 0 Å². The molecule has 0 aliphatic carbocycles. The molecule has 0 aromatic heterocycles. The number of hydrogen-bond donors (Lipinski definition) is 0. The summed E-state index contributed by atoms with van der Waals surface area (Å²) < 4.78 is 0. The Morgan fingerprint density at radius 1 is 1.11 bits per heavy atom. The second-order valence-electron chi connectivity index (χ2n) is 5.30. The van der Waals surface area contributed by atoms with Crippen LogP contribution >= 0.6 is 11.8 Å². The minimum Gasteiger partial charge on any atom is -0.192 e. The van der Waals surface area contributed by atoms with Crippen molar-refractivity contribution in [1.29, 1.82) is 5.26 Å². The molecule has 1 aromatic rings. The Morgan fingerprint density at radius 3 is 1.94 bits per heavy atom. The van der Waals surface area contributed by atoms with Gasteiger partial charge in [0.15, 0.2) is 0 Å². The van der Waals surface area contributed by atoms with E-state index in [1.165, 1.54) is 16.7 Å². The highest BCUT2D eigenvalue weighted by molar-refractivity contribution is 7.98. The third kappa shape index (κ3) is 3.53. The number of rotatable bonds is 5. The molecule has 18 heavy (non-hydrogen) atoms. The SMILES string of the molecule is CSCCc1c(C(C)C)cc(C#N)cc1C(C)C. The molecule has 0 aliphatic rings. The first-order valence-corrected chi connectivity index (χ1v) is 7.96. The van der Waals surface area contributed by atoms with E-state index in [2.05, 4.69) is 52.2 Å². The Balaban J connectivity index is 3.36. The maximum absolute atomic E-state index is 9.16. The molecule has 1 nitrogen and oxygen atoms in total. The second kappa shape index (κ2) is 6.85. The maximum atomic E-state index is 9.16. The molecular formula is C16H23NS. The van der Waals surface area contributed by atoms with Gasteiger partial charge in [0.2, 0.25) is 0 Å². The maximum Gasteiger partial charge on any atom is 0.0991 e. The Morgan fingerprint density at radius 2 is 1.61 bits per heavy atom. The standard InChI is InChI=1S/C16H23NS/c1-11(2)15-8-13(10-17)9-16(12(3)4)14(15)6-7-18-5/h8-9,11-12H,6-7H2,1-5H3. The van der Waals surface area contributed by atoms with Crippen LogP contribution in [0.15, 0.2) is 12.1 Å². The zero-order valence-corrected chi connectivity index (χ0v) is 12.9. The summed E-state index contributed by atoms with van der Waals surface area (Å²) in [4.78, 5) is 0. The summed E-state index contributed by atoms with van der Waals surface area (Å²) in [6.45, 7) is 8.85. The summed E-state index contributed by atoms with van der Waals surface area (Å²) in [6.07, 6.45) is 3.25. The Kier molecular flexibility index (Phi) is 5.75. The molecule has 0 amide bonds. The topological polar surface area (TPSA) is 23.8 Å². The van der Waals surface area contributed by atoms with Gasteiger partial charge in [-0.2, -0.15) is 17.0 Å². The van der Waals surface area contributed by atoms with Crippen LogP contribution < -0.4 is 0 Å². The minimum atomic E-state index is 0.479. The van der Waals surface area contributed by atoms with E-state index < -0.39 is 0 Å². The van der Waals surface area contributed by atoms with Crippen LogP contribution in [0.5, 0.6) is 0 Å². The molecule has 0 atom stereocenters. The molecule has 0 saturated carbocycles. The third-order valence-electron chi connectivity index (χ3n) is 3.25. The highest BCUT2D eigenvalue weighted by Gasteiger charge is 2.15. The number of hydrogen-bond acceptors (Lipinski definition) is 2. The van der Waals surface area contributed by atoms with E-state index in [0.29, 0.717) is 11.8 Å². The molecule has 1 aromatic carbocycles. The lowest BCUT2D eigenvalue weighted by Gasteiger charge is -2.20. The van der Waals surface area contributed by atoms with Crippen LogP contribution in [-0.2, 0) is 6.42 Å². The monoisotopic (exact) mass is 261 g/mol. The molecule has 0 bridgehead atoms. The van der Waals surface area contributed by atoms with Crippen molar-refractivity contribution in [3.63, 3.8) is 0 Å². The zero-order chi connectivity index (χ0) is 13.7. The first-order valence-electron chi connectivity index (χ1n) is 6.57. The van der Waals surface area contributed by atoms with Gasteiger partial charge in [0.25, 0.3) is 0 Å².